The van der Waals surface area contributed by atoms with Crippen molar-refractivity contribution in [3.63, 3.8) is 0 Å². The van der Waals surface area contributed by atoms with Crippen molar-refractivity contribution in [1.82, 2.24) is 4.37 Å². The average molecular weight is 277 g/mol. The Kier molecular flexibility index (Phi) is 3.75. The van der Waals surface area contributed by atoms with E-state index in [0.29, 0.717) is 11.0 Å². The number of hydrogen-bond donors (Lipinski definition) is 0. The first-order chi connectivity index (χ1) is 7.31. The van der Waals surface area contributed by atoms with Gasteiger partial charge in [-0.3, -0.25) is 0 Å². The first-order valence-corrected chi connectivity index (χ1v) is 7.13. The fourth-order valence-corrected chi connectivity index (χ4v) is 3.28. The molecule has 0 amide bonds. The minimum absolute atomic E-state index is 0.444. The van der Waals surface area contributed by atoms with Gasteiger partial charge in [-0.25, -0.2) is 4.99 Å². The van der Waals surface area contributed by atoms with Crippen LogP contribution in [0.5, 0.6) is 0 Å². The molecule has 0 saturated heterocycles. The molecule has 0 N–H and O–H groups in total. The fourth-order valence-electron chi connectivity index (χ4n) is 1.07. The highest BCUT2D eigenvalue weighted by atomic mass is 35.5. The number of aromatic nitrogens is 1. The number of para-hydroxylation sites is 1. The summed E-state index contributed by atoms with van der Waals surface area (Å²) in [6, 6.07) is 7.73. The maximum Gasteiger partial charge on any atom is 0.179 e. The van der Waals surface area contributed by atoms with E-state index in [2.05, 4.69) is 9.37 Å². The molecule has 0 aliphatic rings. The van der Waals surface area contributed by atoms with Crippen LogP contribution >= 0.6 is 44.1 Å². The molecule has 2 nitrogen and oxygen atoms in total. The second-order valence-corrected chi connectivity index (χ2v) is 5.18. The predicted molar refractivity (Wildman–Crippen MR) is 66.2 cm³/mol. The smallest absolute Gasteiger partial charge is 0.179 e. The number of nitrogens with zero attached hydrogens (tertiary/aromatic N) is 2. The highest BCUT2D eigenvalue weighted by molar-refractivity contribution is 7.66. The van der Waals surface area contributed by atoms with Crippen molar-refractivity contribution >= 4 is 49.8 Å². The van der Waals surface area contributed by atoms with Crippen LogP contribution < -0.4 is 4.67 Å². The fraction of sp³-hybridized carbons (Fsp3) is 0.111. The Hall–Kier alpha value is -0.420. The molecule has 2 aromatic rings. The summed E-state index contributed by atoms with van der Waals surface area (Å²) in [6.07, 6.45) is 0. The molecule has 0 atom stereocenters. The maximum absolute atomic E-state index is 5.87. The summed E-state index contributed by atoms with van der Waals surface area (Å²) in [4.78, 5) is 4.42. The Morgan fingerprint density at radius 1 is 1.33 bits per heavy atom. The summed E-state index contributed by atoms with van der Waals surface area (Å²) in [5.41, 5.74) is 1.85. The van der Waals surface area contributed by atoms with E-state index < -0.39 is 0 Å². The van der Waals surface area contributed by atoms with Crippen molar-refractivity contribution in [2.75, 3.05) is 0 Å². The van der Waals surface area contributed by atoms with Crippen LogP contribution in [0, 0.1) is 0 Å². The van der Waals surface area contributed by atoms with E-state index in [-0.39, 0.29) is 0 Å². The molecule has 1 heterocycles. The SMILES string of the molecule is ClCc1ccccc1N=c1ssnc1Cl. The Labute approximate surface area is 104 Å². The van der Waals surface area contributed by atoms with Crippen LogP contribution in [0.15, 0.2) is 29.3 Å². The third kappa shape index (κ3) is 2.58. The van der Waals surface area contributed by atoms with E-state index in [1.807, 2.05) is 24.3 Å². The molecule has 2 rings (SSSR count). The van der Waals surface area contributed by atoms with E-state index in [1.165, 1.54) is 20.9 Å². The van der Waals surface area contributed by atoms with Crippen LogP contribution in [0.4, 0.5) is 5.69 Å². The van der Waals surface area contributed by atoms with Crippen LogP contribution in [-0.4, -0.2) is 4.37 Å². The van der Waals surface area contributed by atoms with E-state index in [1.54, 1.807) is 0 Å². The van der Waals surface area contributed by atoms with Crippen molar-refractivity contribution in [2.24, 2.45) is 4.99 Å². The molecule has 0 unspecified atom stereocenters. The van der Waals surface area contributed by atoms with Crippen LogP contribution in [0.3, 0.4) is 0 Å². The van der Waals surface area contributed by atoms with Gasteiger partial charge >= 0.3 is 0 Å². The third-order valence-corrected chi connectivity index (χ3v) is 4.23. The third-order valence-electron chi connectivity index (χ3n) is 1.77. The van der Waals surface area contributed by atoms with Gasteiger partial charge in [0.2, 0.25) is 0 Å². The molecule has 0 aliphatic heterocycles. The van der Waals surface area contributed by atoms with Crippen molar-refractivity contribution in [1.29, 1.82) is 0 Å². The number of hydrogen-bond acceptors (Lipinski definition) is 4. The second-order valence-electron chi connectivity index (χ2n) is 2.72. The summed E-state index contributed by atoms with van der Waals surface area (Å²) < 4.78 is 4.70. The van der Waals surface area contributed by atoms with Gasteiger partial charge < -0.3 is 0 Å². The van der Waals surface area contributed by atoms with Gasteiger partial charge in [0.1, 0.15) is 0 Å². The molecule has 1 aromatic carbocycles. The molecule has 6 heteroatoms. The summed E-state index contributed by atoms with van der Waals surface area (Å²) in [5.74, 6) is 0.444. The van der Waals surface area contributed by atoms with Gasteiger partial charge in [0.25, 0.3) is 0 Å². The summed E-state index contributed by atoms with van der Waals surface area (Å²) in [7, 11) is 2.78. The van der Waals surface area contributed by atoms with Crippen LogP contribution in [0.2, 0.25) is 5.15 Å². The highest BCUT2D eigenvalue weighted by Gasteiger charge is 2.01. The zero-order chi connectivity index (χ0) is 10.7. The first-order valence-electron chi connectivity index (χ1n) is 4.11. The number of benzene rings is 1. The van der Waals surface area contributed by atoms with Crippen LogP contribution in [0.25, 0.3) is 0 Å². The molecule has 0 radical (unpaired) electrons. The largest absolute Gasteiger partial charge is 0.234 e. The number of halogens is 2. The average Bonchev–Trinajstić information content (AvgIpc) is 2.65. The van der Waals surface area contributed by atoms with Gasteiger partial charge in [0.15, 0.2) is 9.82 Å². The molecule has 15 heavy (non-hydrogen) atoms. The molecule has 78 valence electrons. The molecule has 0 spiro atoms. The van der Waals surface area contributed by atoms with E-state index >= 15 is 0 Å². The van der Waals surface area contributed by atoms with Gasteiger partial charge in [0, 0.05) is 16.4 Å². The molecule has 1 aromatic heterocycles. The Morgan fingerprint density at radius 3 is 2.80 bits per heavy atom. The quantitative estimate of drug-likeness (QED) is 0.605. The van der Waals surface area contributed by atoms with Gasteiger partial charge in [-0.2, -0.15) is 4.37 Å². The molecule has 0 aliphatic carbocycles. The lowest BCUT2D eigenvalue weighted by molar-refractivity contribution is 1.30. The molecule has 0 bridgehead atoms. The van der Waals surface area contributed by atoms with E-state index in [4.69, 9.17) is 23.2 Å². The maximum atomic E-state index is 5.87. The highest BCUT2D eigenvalue weighted by Crippen LogP contribution is 2.20. The Morgan fingerprint density at radius 2 is 2.13 bits per heavy atom. The summed E-state index contributed by atoms with van der Waals surface area (Å²) >= 11 is 11.7. The summed E-state index contributed by atoms with van der Waals surface area (Å²) in [5, 5.41) is 0.453. The molecular formula is C9H6Cl2N2S2. The Bertz CT molecular complexity index is 519. The lowest BCUT2D eigenvalue weighted by Gasteiger charge is -1.98. The van der Waals surface area contributed by atoms with Crippen molar-refractivity contribution in [3.05, 3.63) is 39.7 Å². The van der Waals surface area contributed by atoms with Gasteiger partial charge in [-0.1, -0.05) is 29.8 Å². The minimum Gasteiger partial charge on any atom is -0.234 e. The van der Waals surface area contributed by atoms with E-state index in [0.717, 1.165) is 15.9 Å². The van der Waals surface area contributed by atoms with E-state index in [9.17, 15) is 0 Å². The predicted octanol–water partition coefficient (Wildman–Crippen LogP) is 3.83. The van der Waals surface area contributed by atoms with Crippen LogP contribution in [-0.2, 0) is 5.88 Å². The zero-order valence-corrected chi connectivity index (χ0v) is 10.6. The minimum atomic E-state index is 0.444. The normalized spacial score (nSPS) is 12.0. The lowest BCUT2D eigenvalue weighted by Crippen LogP contribution is -1.93. The zero-order valence-electron chi connectivity index (χ0n) is 7.48. The first kappa shape index (κ1) is 11.1. The van der Waals surface area contributed by atoms with Crippen LogP contribution in [0.1, 0.15) is 5.56 Å². The molecule has 0 fully saturated rings. The Balaban J connectivity index is 2.52. The number of alkyl halides is 1. The molecule has 0 saturated carbocycles. The van der Waals surface area contributed by atoms with Gasteiger partial charge in [-0.05, 0) is 22.0 Å². The van der Waals surface area contributed by atoms with Crippen molar-refractivity contribution in [3.8, 4) is 0 Å². The molecular weight excluding hydrogens is 271 g/mol. The topological polar surface area (TPSA) is 25.2 Å². The standard InChI is InChI=1S/C9H6Cl2N2S2/c10-5-6-3-1-2-4-7(6)12-9-8(11)13-15-14-9/h1-4H,5H2. The number of rotatable bonds is 2. The summed E-state index contributed by atoms with van der Waals surface area (Å²) in [6.45, 7) is 0. The van der Waals surface area contributed by atoms with Crippen molar-refractivity contribution in [2.45, 2.75) is 5.88 Å². The van der Waals surface area contributed by atoms with Gasteiger partial charge in [-0.15, -0.1) is 11.6 Å². The lowest BCUT2D eigenvalue weighted by atomic mass is 10.2. The van der Waals surface area contributed by atoms with Crippen molar-refractivity contribution < 1.29 is 0 Å². The van der Waals surface area contributed by atoms with Gasteiger partial charge in [0.05, 0.1) is 5.69 Å². The second kappa shape index (κ2) is 5.07. The monoisotopic (exact) mass is 276 g/mol.